The zero-order valence-electron chi connectivity index (χ0n) is 12.6. The number of ketones is 4. The number of carbonyl (C=O) groups excluding carboxylic acids is 4. The summed E-state index contributed by atoms with van der Waals surface area (Å²) in [5.74, 6) is -1.29. The summed E-state index contributed by atoms with van der Waals surface area (Å²) >= 11 is 0. The van der Waals surface area contributed by atoms with Gasteiger partial charge in [-0.15, -0.1) is 0 Å². The molecule has 0 atom stereocenters. The van der Waals surface area contributed by atoms with E-state index >= 15 is 0 Å². The molecule has 4 heteroatoms. The Bertz CT molecular complexity index is 857. The van der Waals surface area contributed by atoms with Gasteiger partial charge in [0.2, 0.25) is 23.1 Å². The van der Waals surface area contributed by atoms with Crippen molar-refractivity contribution in [1.82, 2.24) is 0 Å². The van der Waals surface area contributed by atoms with Crippen LogP contribution in [0.15, 0.2) is 60.7 Å². The molecule has 0 saturated heterocycles. The van der Waals surface area contributed by atoms with Crippen molar-refractivity contribution >= 4 is 23.1 Å². The van der Waals surface area contributed by atoms with Crippen LogP contribution in [0.5, 0.6) is 0 Å². The molecule has 0 aliphatic heterocycles. The molecule has 2 aromatic rings. The van der Waals surface area contributed by atoms with Crippen LogP contribution in [0.2, 0.25) is 0 Å². The van der Waals surface area contributed by atoms with E-state index in [1.54, 1.807) is 60.7 Å². The molecule has 0 unspecified atom stereocenters. The first-order valence-corrected chi connectivity index (χ1v) is 7.37. The van der Waals surface area contributed by atoms with E-state index in [9.17, 15) is 19.2 Å². The van der Waals surface area contributed by atoms with Crippen molar-refractivity contribution in [2.45, 2.75) is 5.92 Å². The molecule has 24 heavy (non-hydrogen) atoms. The molecule has 0 N–H and O–H groups in total. The van der Waals surface area contributed by atoms with Crippen LogP contribution in [0.1, 0.15) is 17.0 Å². The molecular weight excluding hydrogens is 304 g/mol. The van der Waals surface area contributed by atoms with E-state index in [-0.39, 0.29) is 0 Å². The van der Waals surface area contributed by atoms with E-state index < -0.39 is 35.0 Å². The molecule has 1 aliphatic rings. The second kappa shape index (κ2) is 6.43. The molecule has 0 radical (unpaired) electrons. The molecule has 0 bridgehead atoms. The highest BCUT2D eigenvalue weighted by molar-refractivity contribution is 6.62. The van der Waals surface area contributed by atoms with Crippen LogP contribution in [0.3, 0.4) is 0 Å². The molecule has 2 aromatic carbocycles. The Morgan fingerprint density at radius 3 is 1.67 bits per heavy atom. The molecule has 0 spiro atoms. The van der Waals surface area contributed by atoms with Crippen molar-refractivity contribution in [3.05, 3.63) is 71.8 Å². The van der Waals surface area contributed by atoms with E-state index in [0.29, 0.717) is 11.1 Å². The van der Waals surface area contributed by atoms with Gasteiger partial charge in [0.05, 0.1) is 0 Å². The second-order valence-corrected chi connectivity index (χ2v) is 5.37. The minimum atomic E-state index is -1.51. The minimum absolute atomic E-state index is 0.351. The smallest absolute Gasteiger partial charge is 0.222 e. The highest BCUT2D eigenvalue weighted by Gasteiger charge is 2.48. The van der Waals surface area contributed by atoms with Crippen LogP contribution in [0.4, 0.5) is 0 Å². The van der Waals surface area contributed by atoms with E-state index in [4.69, 9.17) is 0 Å². The van der Waals surface area contributed by atoms with E-state index in [1.807, 2.05) is 0 Å². The average Bonchev–Trinajstić information content (AvgIpc) is 2.62. The molecular formula is C20H12O4. The van der Waals surface area contributed by atoms with Gasteiger partial charge < -0.3 is 0 Å². The Kier molecular flexibility index (Phi) is 4.17. The van der Waals surface area contributed by atoms with Crippen molar-refractivity contribution in [2.75, 3.05) is 0 Å². The Morgan fingerprint density at radius 2 is 1.12 bits per heavy atom. The van der Waals surface area contributed by atoms with Gasteiger partial charge in [0.25, 0.3) is 0 Å². The number of hydrogen-bond acceptors (Lipinski definition) is 4. The molecule has 0 aromatic heterocycles. The highest BCUT2D eigenvalue weighted by Crippen LogP contribution is 2.26. The predicted molar refractivity (Wildman–Crippen MR) is 86.0 cm³/mol. The lowest BCUT2D eigenvalue weighted by atomic mass is 9.75. The first-order valence-electron chi connectivity index (χ1n) is 7.37. The molecule has 0 heterocycles. The fourth-order valence-corrected chi connectivity index (χ4v) is 2.56. The standard InChI is InChI=1S/C20H12O4/c21-17-15(12-11-13-7-3-1-4-8-13)18(22)20(24)16(19(17)23)14-9-5-2-6-10-14/h1-10,15-16H. The Morgan fingerprint density at radius 1 is 0.625 bits per heavy atom. The van der Waals surface area contributed by atoms with Crippen LogP contribution < -0.4 is 0 Å². The topological polar surface area (TPSA) is 68.3 Å². The predicted octanol–water partition coefficient (Wildman–Crippen LogP) is 1.73. The lowest BCUT2D eigenvalue weighted by Crippen LogP contribution is -2.46. The third kappa shape index (κ3) is 2.80. The van der Waals surface area contributed by atoms with Crippen LogP contribution in [-0.2, 0) is 19.2 Å². The van der Waals surface area contributed by atoms with Crippen molar-refractivity contribution in [1.29, 1.82) is 0 Å². The summed E-state index contributed by atoms with van der Waals surface area (Å²) in [4.78, 5) is 49.1. The Balaban J connectivity index is 1.93. The maximum absolute atomic E-state index is 12.3. The summed E-state index contributed by atoms with van der Waals surface area (Å²) in [6, 6.07) is 16.9. The van der Waals surface area contributed by atoms with Crippen molar-refractivity contribution in [3.8, 4) is 11.8 Å². The second-order valence-electron chi connectivity index (χ2n) is 5.37. The van der Waals surface area contributed by atoms with Crippen LogP contribution in [0.25, 0.3) is 0 Å². The molecule has 116 valence electrons. The normalized spacial score (nSPS) is 20.5. The number of hydrogen-bond donors (Lipinski definition) is 0. The summed E-state index contributed by atoms with van der Waals surface area (Å²) in [5.41, 5.74) is 0.951. The van der Waals surface area contributed by atoms with Gasteiger partial charge in [0.15, 0.2) is 5.92 Å². The third-order valence-electron chi connectivity index (χ3n) is 3.80. The molecule has 3 rings (SSSR count). The molecule has 1 aliphatic carbocycles. The zero-order chi connectivity index (χ0) is 17.1. The number of Topliss-reactive ketones (excluding diaryl/α,β-unsaturated/α-hetero) is 4. The fraction of sp³-hybridized carbons (Fsp3) is 0.100. The molecule has 0 amide bonds. The maximum Gasteiger partial charge on any atom is 0.222 e. The zero-order valence-corrected chi connectivity index (χ0v) is 12.6. The van der Waals surface area contributed by atoms with Crippen LogP contribution >= 0.6 is 0 Å². The summed E-state index contributed by atoms with van der Waals surface area (Å²) in [7, 11) is 0. The van der Waals surface area contributed by atoms with Crippen molar-refractivity contribution < 1.29 is 19.2 Å². The Labute approximate surface area is 138 Å². The van der Waals surface area contributed by atoms with Gasteiger partial charge in [-0.05, 0) is 17.7 Å². The average molecular weight is 316 g/mol. The number of benzene rings is 2. The monoisotopic (exact) mass is 316 g/mol. The van der Waals surface area contributed by atoms with Gasteiger partial charge in [-0.1, -0.05) is 60.4 Å². The van der Waals surface area contributed by atoms with Gasteiger partial charge in [0.1, 0.15) is 5.92 Å². The lowest BCUT2D eigenvalue weighted by molar-refractivity contribution is -0.151. The summed E-state index contributed by atoms with van der Waals surface area (Å²) in [6.07, 6.45) is 0. The fourth-order valence-electron chi connectivity index (χ4n) is 2.56. The minimum Gasteiger partial charge on any atom is -0.290 e. The third-order valence-corrected chi connectivity index (χ3v) is 3.80. The molecule has 1 fully saturated rings. The van der Waals surface area contributed by atoms with Gasteiger partial charge in [-0.3, -0.25) is 19.2 Å². The maximum atomic E-state index is 12.3. The van der Waals surface area contributed by atoms with Crippen molar-refractivity contribution in [3.63, 3.8) is 0 Å². The van der Waals surface area contributed by atoms with Gasteiger partial charge in [-0.25, -0.2) is 0 Å². The van der Waals surface area contributed by atoms with Gasteiger partial charge >= 0.3 is 0 Å². The summed E-state index contributed by atoms with van der Waals surface area (Å²) < 4.78 is 0. The van der Waals surface area contributed by atoms with E-state index in [1.165, 1.54) is 0 Å². The number of carbonyl (C=O) groups is 4. The van der Waals surface area contributed by atoms with Crippen molar-refractivity contribution in [2.24, 2.45) is 5.92 Å². The van der Waals surface area contributed by atoms with Gasteiger partial charge in [0, 0.05) is 5.56 Å². The SMILES string of the molecule is O=C1C(=O)C(c2ccccc2)C(=O)C(=O)C1C#Cc1ccccc1. The quantitative estimate of drug-likeness (QED) is 0.456. The van der Waals surface area contributed by atoms with E-state index in [0.717, 1.165) is 0 Å². The summed E-state index contributed by atoms with van der Waals surface area (Å²) in [5, 5.41) is 0. The highest BCUT2D eigenvalue weighted by atomic mass is 16.2. The summed E-state index contributed by atoms with van der Waals surface area (Å²) in [6.45, 7) is 0. The largest absolute Gasteiger partial charge is 0.290 e. The Hall–Kier alpha value is -3.32. The van der Waals surface area contributed by atoms with E-state index in [2.05, 4.69) is 11.8 Å². The molecule has 4 nitrogen and oxygen atoms in total. The molecule has 1 saturated carbocycles. The lowest BCUT2D eigenvalue weighted by Gasteiger charge is -2.21. The first-order chi connectivity index (χ1) is 11.6. The first kappa shape index (κ1) is 15.6. The van der Waals surface area contributed by atoms with Crippen LogP contribution in [0, 0.1) is 17.8 Å². The van der Waals surface area contributed by atoms with Crippen LogP contribution in [-0.4, -0.2) is 23.1 Å². The van der Waals surface area contributed by atoms with Gasteiger partial charge in [-0.2, -0.15) is 0 Å². The number of rotatable bonds is 1.